The fourth-order valence-corrected chi connectivity index (χ4v) is 2.25. The van der Waals surface area contributed by atoms with E-state index in [9.17, 15) is 4.79 Å². The highest BCUT2D eigenvalue weighted by atomic mass is 35.5. The predicted octanol–water partition coefficient (Wildman–Crippen LogP) is 2.95. The third kappa shape index (κ3) is 2.36. The first kappa shape index (κ1) is 13.6. The third-order valence-corrected chi connectivity index (χ3v) is 3.52. The van der Waals surface area contributed by atoms with Crippen LogP contribution in [0.15, 0.2) is 24.4 Å². The summed E-state index contributed by atoms with van der Waals surface area (Å²) in [5.41, 5.74) is 6.85. The Kier molecular flexibility index (Phi) is 3.90. The molecule has 0 saturated heterocycles. The van der Waals surface area contributed by atoms with E-state index in [1.54, 1.807) is 29.3 Å². The van der Waals surface area contributed by atoms with Crippen molar-refractivity contribution < 1.29 is 4.79 Å². The van der Waals surface area contributed by atoms with Crippen LogP contribution in [0.25, 0.3) is 10.8 Å². The van der Waals surface area contributed by atoms with Gasteiger partial charge in [0.15, 0.2) is 0 Å². The number of rotatable bonds is 3. The molecule has 0 aliphatic carbocycles. The molecule has 1 aromatic carbocycles. The molecule has 0 unspecified atom stereocenters. The van der Waals surface area contributed by atoms with Crippen LogP contribution in [0.1, 0.15) is 24.3 Å². The Morgan fingerprint density at radius 2 is 1.95 bits per heavy atom. The number of hydrogen-bond acceptors (Lipinski definition) is 3. The van der Waals surface area contributed by atoms with Gasteiger partial charge in [0.05, 0.1) is 10.7 Å². The maximum absolute atomic E-state index is 12.4. The Morgan fingerprint density at radius 1 is 1.26 bits per heavy atom. The molecule has 0 radical (unpaired) electrons. The highest BCUT2D eigenvalue weighted by Crippen LogP contribution is 2.29. The van der Waals surface area contributed by atoms with Crippen molar-refractivity contribution in [2.45, 2.75) is 13.8 Å². The van der Waals surface area contributed by atoms with Gasteiger partial charge in [-0.1, -0.05) is 17.7 Å². The summed E-state index contributed by atoms with van der Waals surface area (Å²) < 4.78 is 0. The lowest BCUT2D eigenvalue weighted by Crippen LogP contribution is -2.31. The number of anilines is 1. The summed E-state index contributed by atoms with van der Waals surface area (Å²) in [5.74, 6) is -0.0858. The molecule has 4 nitrogen and oxygen atoms in total. The average molecular weight is 278 g/mol. The molecule has 19 heavy (non-hydrogen) atoms. The highest BCUT2D eigenvalue weighted by Gasteiger charge is 2.18. The summed E-state index contributed by atoms with van der Waals surface area (Å²) in [6, 6.07) is 5.26. The second-order valence-corrected chi connectivity index (χ2v) is 4.60. The van der Waals surface area contributed by atoms with Crippen molar-refractivity contribution >= 4 is 34.0 Å². The van der Waals surface area contributed by atoms with Crippen LogP contribution >= 0.6 is 11.6 Å². The van der Waals surface area contributed by atoms with Crippen LogP contribution in [-0.4, -0.2) is 28.9 Å². The summed E-state index contributed by atoms with van der Waals surface area (Å²) in [5, 5.41) is 1.99. The van der Waals surface area contributed by atoms with Crippen molar-refractivity contribution in [3.8, 4) is 0 Å². The average Bonchev–Trinajstić information content (AvgIpc) is 2.43. The van der Waals surface area contributed by atoms with Crippen LogP contribution in [-0.2, 0) is 0 Å². The van der Waals surface area contributed by atoms with E-state index in [4.69, 9.17) is 17.3 Å². The molecule has 1 aromatic heterocycles. The van der Waals surface area contributed by atoms with Gasteiger partial charge in [0.2, 0.25) is 0 Å². The molecule has 0 aliphatic rings. The standard InChI is InChI=1S/C14H16ClN3O/c1-3-18(4-2)14(19)13-10-5-6-11(15)12(16)9(10)7-8-17-13/h5-8H,3-4,16H2,1-2H3. The fraction of sp³-hybridized carbons (Fsp3) is 0.286. The van der Waals surface area contributed by atoms with Gasteiger partial charge in [0, 0.05) is 30.1 Å². The van der Waals surface area contributed by atoms with Gasteiger partial charge in [-0.25, -0.2) is 0 Å². The van der Waals surface area contributed by atoms with E-state index in [1.807, 2.05) is 13.8 Å². The lowest BCUT2D eigenvalue weighted by molar-refractivity contribution is 0.0769. The van der Waals surface area contributed by atoms with Gasteiger partial charge in [0.1, 0.15) is 5.69 Å². The fourth-order valence-electron chi connectivity index (χ4n) is 2.08. The minimum Gasteiger partial charge on any atom is -0.397 e. The van der Waals surface area contributed by atoms with Gasteiger partial charge in [-0.15, -0.1) is 0 Å². The molecule has 0 bridgehead atoms. The maximum Gasteiger partial charge on any atom is 0.273 e. The first-order valence-electron chi connectivity index (χ1n) is 6.22. The number of pyridine rings is 1. The Hall–Kier alpha value is -1.81. The lowest BCUT2D eigenvalue weighted by atomic mass is 10.1. The van der Waals surface area contributed by atoms with Crippen molar-refractivity contribution in [3.05, 3.63) is 35.1 Å². The summed E-state index contributed by atoms with van der Waals surface area (Å²) in [6.45, 7) is 5.18. The number of carbonyl (C=O) groups excluding carboxylic acids is 1. The number of fused-ring (bicyclic) bond motifs is 1. The van der Waals surface area contributed by atoms with Crippen molar-refractivity contribution in [2.24, 2.45) is 0 Å². The largest absolute Gasteiger partial charge is 0.397 e. The molecular weight excluding hydrogens is 262 g/mol. The number of hydrogen-bond donors (Lipinski definition) is 1. The molecular formula is C14H16ClN3O. The molecule has 2 N–H and O–H groups in total. The Morgan fingerprint density at radius 3 is 2.58 bits per heavy atom. The maximum atomic E-state index is 12.4. The Labute approximate surface area is 117 Å². The van der Waals surface area contributed by atoms with Crippen LogP contribution < -0.4 is 5.73 Å². The van der Waals surface area contributed by atoms with Crippen molar-refractivity contribution in [2.75, 3.05) is 18.8 Å². The van der Waals surface area contributed by atoms with Crippen molar-refractivity contribution in [1.82, 2.24) is 9.88 Å². The van der Waals surface area contributed by atoms with Crippen LogP contribution in [0.4, 0.5) is 5.69 Å². The second kappa shape index (κ2) is 5.45. The Bertz CT molecular complexity index is 623. The summed E-state index contributed by atoms with van der Waals surface area (Å²) >= 11 is 6.00. The highest BCUT2D eigenvalue weighted by molar-refractivity contribution is 6.34. The van der Waals surface area contributed by atoms with Crippen molar-refractivity contribution in [3.63, 3.8) is 0 Å². The molecule has 0 atom stereocenters. The molecule has 1 heterocycles. The van der Waals surface area contributed by atoms with E-state index in [0.29, 0.717) is 29.5 Å². The molecule has 100 valence electrons. The van der Waals surface area contributed by atoms with Gasteiger partial charge in [0.25, 0.3) is 5.91 Å². The van der Waals surface area contributed by atoms with E-state index >= 15 is 0 Å². The molecule has 1 amide bonds. The number of nitrogens with two attached hydrogens (primary N) is 1. The van der Waals surface area contributed by atoms with Crippen LogP contribution in [0.5, 0.6) is 0 Å². The molecule has 0 fully saturated rings. The molecule has 0 aliphatic heterocycles. The second-order valence-electron chi connectivity index (χ2n) is 4.19. The lowest BCUT2D eigenvalue weighted by Gasteiger charge is -2.19. The third-order valence-electron chi connectivity index (χ3n) is 3.19. The zero-order valence-electron chi connectivity index (χ0n) is 11.0. The zero-order valence-corrected chi connectivity index (χ0v) is 11.7. The summed E-state index contributed by atoms with van der Waals surface area (Å²) in [4.78, 5) is 18.3. The quantitative estimate of drug-likeness (QED) is 0.878. The van der Waals surface area contributed by atoms with Gasteiger partial charge < -0.3 is 10.6 Å². The van der Waals surface area contributed by atoms with Gasteiger partial charge in [-0.05, 0) is 26.0 Å². The Balaban J connectivity index is 2.62. The number of aromatic nitrogens is 1. The van der Waals surface area contributed by atoms with E-state index < -0.39 is 0 Å². The number of amides is 1. The number of nitrogen functional groups attached to an aromatic ring is 1. The predicted molar refractivity (Wildman–Crippen MR) is 78.4 cm³/mol. The van der Waals surface area contributed by atoms with E-state index in [1.165, 1.54) is 0 Å². The van der Waals surface area contributed by atoms with E-state index in [2.05, 4.69) is 4.98 Å². The first-order chi connectivity index (χ1) is 9.10. The topological polar surface area (TPSA) is 59.2 Å². The SMILES string of the molecule is CCN(CC)C(=O)c1nccc2c(N)c(Cl)ccc12. The van der Waals surface area contributed by atoms with Gasteiger partial charge in [-0.2, -0.15) is 0 Å². The smallest absolute Gasteiger partial charge is 0.273 e. The number of benzene rings is 1. The first-order valence-corrected chi connectivity index (χ1v) is 6.59. The van der Waals surface area contributed by atoms with E-state index in [-0.39, 0.29) is 5.91 Å². The summed E-state index contributed by atoms with van der Waals surface area (Å²) in [6.07, 6.45) is 1.59. The minimum atomic E-state index is -0.0858. The molecule has 0 saturated carbocycles. The number of nitrogens with zero attached hydrogens (tertiary/aromatic N) is 2. The molecule has 5 heteroatoms. The van der Waals surface area contributed by atoms with Gasteiger partial charge in [-0.3, -0.25) is 9.78 Å². The normalized spacial score (nSPS) is 10.7. The molecule has 2 rings (SSSR count). The van der Waals surface area contributed by atoms with Crippen molar-refractivity contribution in [1.29, 1.82) is 0 Å². The zero-order chi connectivity index (χ0) is 14.0. The van der Waals surface area contributed by atoms with E-state index in [0.717, 1.165) is 10.8 Å². The number of halogens is 1. The summed E-state index contributed by atoms with van der Waals surface area (Å²) in [7, 11) is 0. The van der Waals surface area contributed by atoms with Crippen LogP contribution in [0, 0.1) is 0 Å². The van der Waals surface area contributed by atoms with Crippen LogP contribution in [0.2, 0.25) is 5.02 Å². The van der Waals surface area contributed by atoms with Gasteiger partial charge >= 0.3 is 0 Å². The monoisotopic (exact) mass is 277 g/mol. The minimum absolute atomic E-state index is 0.0858. The van der Waals surface area contributed by atoms with Crippen LogP contribution in [0.3, 0.4) is 0 Å². The molecule has 0 spiro atoms. The number of carbonyl (C=O) groups is 1. The molecule has 2 aromatic rings.